The van der Waals surface area contributed by atoms with E-state index >= 15 is 0 Å². The van der Waals surface area contributed by atoms with Gasteiger partial charge in [-0.15, -0.1) is 22.9 Å². The van der Waals surface area contributed by atoms with Crippen LogP contribution in [-0.2, 0) is 4.74 Å². The van der Waals surface area contributed by atoms with Crippen molar-refractivity contribution < 1.29 is 9.53 Å². The quantitative estimate of drug-likeness (QED) is 0.579. The highest BCUT2D eigenvalue weighted by Crippen LogP contribution is 2.21. The largest absolute Gasteiger partial charge is 0.373 e. The number of rotatable bonds is 2. The molecular weight excluding hydrogens is 373 g/mol. The first-order valence-electron chi connectivity index (χ1n) is 5.34. The van der Waals surface area contributed by atoms with Crippen LogP contribution in [0.25, 0.3) is 0 Å². The zero-order chi connectivity index (χ0) is 12.4. The molecule has 1 fully saturated rings. The molecule has 2 atom stereocenters. The first-order valence-corrected chi connectivity index (χ1v) is 7.83. The Morgan fingerprint density at radius 3 is 3.12 bits per heavy atom. The monoisotopic (exact) mass is 385 g/mol. The predicted molar refractivity (Wildman–Crippen MR) is 78.0 cm³/mol. The zero-order valence-corrected chi connectivity index (χ0v) is 13.1. The molecule has 1 amide bonds. The fourth-order valence-corrected chi connectivity index (χ4v) is 3.29. The summed E-state index contributed by atoms with van der Waals surface area (Å²) < 4.78 is 6.66. The molecule has 2 unspecified atom stereocenters. The summed E-state index contributed by atoms with van der Waals surface area (Å²) in [5, 5.41) is 1.90. The van der Waals surface area contributed by atoms with E-state index in [1.54, 1.807) is 11.3 Å². The molecule has 94 valence electrons. The molecule has 2 rings (SSSR count). The first kappa shape index (κ1) is 13.6. The minimum absolute atomic E-state index is 0.0467. The molecule has 0 aromatic carbocycles. The Morgan fingerprint density at radius 1 is 1.76 bits per heavy atom. The molecule has 0 radical (unpaired) electrons. The van der Waals surface area contributed by atoms with Crippen LogP contribution in [0.5, 0.6) is 0 Å². The Balaban J connectivity index is 2.12. The van der Waals surface area contributed by atoms with E-state index < -0.39 is 0 Å². The molecule has 0 bridgehead atoms. The van der Waals surface area contributed by atoms with Gasteiger partial charge in [0, 0.05) is 11.9 Å². The smallest absolute Gasteiger partial charge is 0.255 e. The van der Waals surface area contributed by atoms with Crippen molar-refractivity contribution in [2.75, 3.05) is 19.0 Å². The maximum absolute atomic E-state index is 12.3. The number of thiophene rings is 1. The molecule has 0 saturated carbocycles. The summed E-state index contributed by atoms with van der Waals surface area (Å²) >= 11 is 9.60. The Bertz CT molecular complexity index is 412. The molecule has 1 aliphatic rings. The van der Waals surface area contributed by atoms with E-state index in [0.29, 0.717) is 19.0 Å². The first-order chi connectivity index (χ1) is 8.11. The van der Waals surface area contributed by atoms with Crippen molar-refractivity contribution in [3.8, 4) is 0 Å². The van der Waals surface area contributed by atoms with Crippen LogP contribution in [0.2, 0.25) is 0 Å². The number of alkyl halides is 1. The van der Waals surface area contributed by atoms with Crippen molar-refractivity contribution >= 4 is 51.4 Å². The van der Waals surface area contributed by atoms with E-state index in [4.69, 9.17) is 16.3 Å². The van der Waals surface area contributed by atoms with Gasteiger partial charge in [-0.05, 0) is 35.6 Å². The number of carbonyl (C=O) groups excluding carboxylic acids is 1. The summed E-state index contributed by atoms with van der Waals surface area (Å²) in [6.07, 6.45) is -0.0467. The molecule has 0 N–H and O–H groups in total. The lowest BCUT2D eigenvalue weighted by Crippen LogP contribution is -2.51. The molecule has 17 heavy (non-hydrogen) atoms. The van der Waals surface area contributed by atoms with Crippen LogP contribution in [0.1, 0.15) is 17.3 Å². The van der Waals surface area contributed by atoms with Gasteiger partial charge in [0.25, 0.3) is 5.91 Å². The van der Waals surface area contributed by atoms with Crippen LogP contribution >= 0.6 is 45.5 Å². The van der Waals surface area contributed by atoms with Gasteiger partial charge in [-0.3, -0.25) is 4.79 Å². The third-order valence-electron chi connectivity index (χ3n) is 2.75. The number of carbonyl (C=O) groups is 1. The Morgan fingerprint density at radius 2 is 2.53 bits per heavy atom. The second-order valence-corrected chi connectivity index (χ2v) is 7.17. The van der Waals surface area contributed by atoms with Gasteiger partial charge in [0.2, 0.25) is 0 Å². The maximum atomic E-state index is 12.3. The normalized spacial score (nSPS) is 25.0. The summed E-state index contributed by atoms with van der Waals surface area (Å²) in [6, 6.07) is 2.03. The van der Waals surface area contributed by atoms with Gasteiger partial charge >= 0.3 is 0 Å². The number of nitrogens with zero attached hydrogens (tertiary/aromatic N) is 1. The third-order valence-corrected chi connectivity index (χ3v) is 4.89. The lowest BCUT2D eigenvalue weighted by Gasteiger charge is -2.37. The molecule has 6 heteroatoms. The molecule has 1 aromatic rings. The maximum Gasteiger partial charge on any atom is 0.255 e. The van der Waals surface area contributed by atoms with Gasteiger partial charge in [0.05, 0.1) is 33.1 Å². The fraction of sp³-hybridized carbons (Fsp3) is 0.545. The Kier molecular flexibility index (Phi) is 4.68. The van der Waals surface area contributed by atoms with Crippen molar-refractivity contribution in [3.05, 3.63) is 19.9 Å². The number of hydrogen-bond donors (Lipinski definition) is 0. The van der Waals surface area contributed by atoms with Crippen molar-refractivity contribution in [2.24, 2.45) is 0 Å². The van der Waals surface area contributed by atoms with Gasteiger partial charge in [-0.2, -0.15) is 0 Å². The fourth-order valence-electron chi connectivity index (χ4n) is 1.78. The second-order valence-electron chi connectivity index (χ2n) is 4.06. The van der Waals surface area contributed by atoms with Crippen molar-refractivity contribution in [1.82, 2.24) is 4.90 Å². The lowest BCUT2D eigenvalue weighted by atomic mass is 10.1. The SMILES string of the molecule is CC1COC(CCl)CN1C(=O)c1csc(I)c1. The molecule has 1 aliphatic heterocycles. The zero-order valence-electron chi connectivity index (χ0n) is 9.36. The average Bonchev–Trinajstić information content (AvgIpc) is 2.76. The topological polar surface area (TPSA) is 29.5 Å². The van der Waals surface area contributed by atoms with Crippen LogP contribution < -0.4 is 0 Å². The summed E-state index contributed by atoms with van der Waals surface area (Å²) in [5.74, 6) is 0.507. The van der Waals surface area contributed by atoms with Crippen molar-refractivity contribution in [1.29, 1.82) is 0 Å². The minimum atomic E-state index is -0.0467. The summed E-state index contributed by atoms with van der Waals surface area (Å²) in [5.41, 5.74) is 0.765. The van der Waals surface area contributed by atoms with E-state index in [0.717, 1.165) is 8.45 Å². The highest BCUT2D eigenvalue weighted by molar-refractivity contribution is 14.1. The number of morpholine rings is 1. The Hall–Kier alpha value is 0.150. The van der Waals surface area contributed by atoms with Gasteiger partial charge in [-0.25, -0.2) is 0 Å². The van der Waals surface area contributed by atoms with E-state index in [-0.39, 0.29) is 18.1 Å². The van der Waals surface area contributed by atoms with Crippen LogP contribution in [0.3, 0.4) is 0 Å². The van der Waals surface area contributed by atoms with Crippen LogP contribution in [0, 0.1) is 2.88 Å². The number of halogens is 2. The molecule has 2 heterocycles. The Labute approximate surface area is 123 Å². The number of hydrogen-bond acceptors (Lipinski definition) is 3. The molecule has 0 aliphatic carbocycles. The minimum Gasteiger partial charge on any atom is -0.373 e. The number of amides is 1. The highest BCUT2D eigenvalue weighted by Gasteiger charge is 2.30. The summed E-state index contributed by atoms with van der Waals surface area (Å²) in [7, 11) is 0. The van der Waals surface area contributed by atoms with Gasteiger partial charge in [-0.1, -0.05) is 0 Å². The number of ether oxygens (including phenoxy) is 1. The van der Waals surface area contributed by atoms with E-state index in [1.807, 2.05) is 23.3 Å². The average molecular weight is 386 g/mol. The van der Waals surface area contributed by atoms with Crippen LogP contribution in [0.15, 0.2) is 11.4 Å². The molecule has 1 saturated heterocycles. The molecule has 1 aromatic heterocycles. The van der Waals surface area contributed by atoms with Crippen LogP contribution in [0.4, 0.5) is 0 Å². The summed E-state index contributed by atoms with van der Waals surface area (Å²) in [6.45, 7) is 3.14. The van der Waals surface area contributed by atoms with E-state index in [2.05, 4.69) is 22.6 Å². The molecule has 3 nitrogen and oxygen atoms in total. The predicted octanol–water partition coefficient (Wildman–Crippen LogP) is 2.82. The van der Waals surface area contributed by atoms with Gasteiger partial charge in [0.15, 0.2) is 0 Å². The van der Waals surface area contributed by atoms with Crippen molar-refractivity contribution in [2.45, 2.75) is 19.1 Å². The van der Waals surface area contributed by atoms with Gasteiger partial charge in [0.1, 0.15) is 0 Å². The van der Waals surface area contributed by atoms with E-state index in [9.17, 15) is 4.79 Å². The highest BCUT2D eigenvalue weighted by atomic mass is 127. The molecule has 0 spiro atoms. The molecular formula is C11H13ClINO2S. The van der Waals surface area contributed by atoms with Gasteiger partial charge < -0.3 is 9.64 Å². The standard InChI is InChI=1S/C11H13ClINO2S/c1-7-5-16-9(3-12)4-14(7)11(15)8-2-10(13)17-6-8/h2,6-7,9H,3-5H2,1H3. The lowest BCUT2D eigenvalue weighted by molar-refractivity contribution is -0.0371. The summed E-state index contributed by atoms with van der Waals surface area (Å²) in [4.78, 5) is 14.2. The van der Waals surface area contributed by atoms with Crippen molar-refractivity contribution in [3.63, 3.8) is 0 Å². The third kappa shape index (κ3) is 3.13. The van der Waals surface area contributed by atoms with E-state index in [1.165, 1.54) is 0 Å². The van der Waals surface area contributed by atoms with Crippen LogP contribution in [-0.4, -0.2) is 42.0 Å². The second kappa shape index (κ2) is 5.86.